The van der Waals surface area contributed by atoms with Crippen LogP contribution in [0.4, 0.5) is 11.6 Å². The number of methoxy groups -OCH3 is 1. The van der Waals surface area contributed by atoms with Gasteiger partial charge in [0, 0.05) is 33.3 Å². The third-order valence-electron chi connectivity index (χ3n) is 2.51. The monoisotopic (exact) mass is 224 g/mol. The number of hydrogen-bond donors (Lipinski definition) is 1. The number of ether oxygens (including phenoxy) is 1. The smallest absolute Gasteiger partial charge is 0.137 e. The van der Waals surface area contributed by atoms with Gasteiger partial charge in [-0.15, -0.1) is 0 Å². The second kappa shape index (κ2) is 6.27. The highest BCUT2D eigenvalue weighted by Gasteiger charge is 2.11. The van der Waals surface area contributed by atoms with Crippen LogP contribution in [0.3, 0.4) is 0 Å². The van der Waals surface area contributed by atoms with E-state index in [1.54, 1.807) is 13.4 Å². The average molecular weight is 224 g/mol. The van der Waals surface area contributed by atoms with Crippen molar-refractivity contribution in [1.82, 2.24) is 9.97 Å². The number of anilines is 2. The van der Waals surface area contributed by atoms with Crippen LogP contribution in [-0.4, -0.2) is 44.3 Å². The Bertz CT molecular complexity index is 330. The van der Waals surface area contributed by atoms with Gasteiger partial charge in [0.05, 0.1) is 6.61 Å². The van der Waals surface area contributed by atoms with Gasteiger partial charge in [-0.05, 0) is 6.42 Å². The maximum atomic E-state index is 5.06. The molecule has 5 heteroatoms. The van der Waals surface area contributed by atoms with Crippen LogP contribution in [0.5, 0.6) is 0 Å². The molecule has 0 fully saturated rings. The summed E-state index contributed by atoms with van der Waals surface area (Å²) in [6, 6.07) is 0. The minimum atomic E-state index is 0.693. The zero-order chi connectivity index (χ0) is 12.0. The topological polar surface area (TPSA) is 50.3 Å². The molecule has 0 spiro atoms. The first-order chi connectivity index (χ1) is 7.74. The largest absolute Gasteiger partial charge is 0.383 e. The van der Waals surface area contributed by atoms with Gasteiger partial charge in [0.15, 0.2) is 0 Å². The van der Waals surface area contributed by atoms with Crippen LogP contribution in [0.25, 0.3) is 0 Å². The molecule has 90 valence electrons. The van der Waals surface area contributed by atoms with Gasteiger partial charge in [0.2, 0.25) is 0 Å². The van der Waals surface area contributed by atoms with Gasteiger partial charge < -0.3 is 15.0 Å². The predicted molar refractivity (Wildman–Crippen MR) is 66.1 cm³/mol. The van der Waals surface area contributed by atoms with Crippen molar-refractivity contribution in [2.24, 2.45) is 0 Å². The summed E-state index contributed by atoms with van der Waals surface area (Å²) in [6.07, 6.45) is 2.49. The third-order valence-corrected chi connectivity index (χ3v) is 2.51. The SMILES string of the molecule is CCc1c(NC)ncnc1N(C)CCOC. The molecule has 0 saturated heterocycles. The highest BCUT2D eigenvalue weighted by molar-refractivity contribution is 5.58. The normalized spacial score (nSPS) is 10.2. The Morgan fingerprint density at radius 3 is 2.75 bits per heavy atom. The van der Waals surface area contributed by atoms with Gasteiger partial charge >= 0.3 is 0 Å². The fourth-order valence-corrected chi connectivity index (χ4v) is 1.61. The fraction of sp³-hybridized carbons (Fsp3) is 0.636. The number of aromatic nitrogens is 2. The van der Waals surface area contributed by atoms with Crippen molar-refractivity contribution in [1.29, 1.82) is 0 Å². The lowest BCUT2D eigenvalue weighted by Gasteiger charge is -2.21. The summed E-state index contributed by atoms with van der Waals surface area (Å²) in [4.78, 5) is 10.6. The van der Waals surface area contributed by atoms with Crippen LogP contribution < -0.4 is 10.2 Å². The molecule has 0 amide bonds. The molecule has 0 radical (unpaired) electrons. The molecule has 0 bridgehead atoms. The lowest BCUT2D eigenvalue weighted by Crippen LogP contribution is -2.24. The van der Waals surface area contributed by atoms with Gasteiger partial charge in [0.25, 0.3) is 0 Å². The molecule has 0 saturated carbocycles. The number of likely N-dealkylation sites (N-methyl/N-ethyl adjacent to an activating group) is 1. The third kappa shape index (κ3) is 2.82. The molecule has 0 aliphatic carbocycles. The Hall–Kier alpha value is -1.36. The zero-order valence-corrected chi connectivity index (χ0v) is 10.4. The summed E-state index contributed by atoms with van der Waals surface area (Å²) >= 11 is 0. The molecule has 0 aliphatic rings. The summed E-state index contributed by atoms with van der Waals surface area (Å²) in [5.41, 5.74) is 1.14. The van der Waals surface area contributed by atoms with Gasteiger partial charge in [-0.1, -0.05) is 6.92 Å². The van der Waals surface area contributed by atoms with Crippen LogP contribution in [0, 0.1) is 0 Å². The van der Waals surface area contributed by atoms with Gasteiger partial charge in [-0.2, -0.15) is 0 Å². The molecule has 0 unspecified atom stereocenters. The van der Waals surface area contributed by atoms with Crippen molar-refractivity contribution in [3.05, 3.63) is 11.9 Å². The number of nitrogens with zero attached hydrogens (tertiary/aromatic N) is 3. The molecular weight excluding hydrogens is 204 g/mol. The number of hydrogen-bond acceptors (Lipinski definition) is 5. The van der Waals surface area contributed by atoms with Crippen LogP contribution in [0.15, 0.2) is 6.33 Å². The maximum Gasteiger partial charge on any atom is 0.137 e. The quantitative estimate of drug-likeness (QED) is 0.786. The van der Waals surface area contributed by atoms with E-state index in [0.29, 0.717) is 6.61 Å². The second-order valence-electron chi connectivity index (χ2n) is 3.54. The van der Waals surface area contributed by atoms with E-state index in [2.05, 4.69) is 27.1 Å². The molecule has 1 aromatic rings. The molecular formula is C11H20N4O. The van der Waals surface area contributed by atoms with Crippen LogP contribution in [0.2, 0.25) is 0 Å². The van der Waals surface area contributed by atoms with E-state index in [9.17, 15) is 0 Å². The summed E-state index contributed by atoms with van der Waals surface area (Å²) < 4.78 is 5.06. The average Bonchev–Trinajstić information content (AvgIpc) is 2.34. The molecule has 1 N–H and O–H groups in total. The predicted octanol–water partition coefficient (Wildman–Crippen LogP) is 1.16. The number of rotatable bonds is 6. The van der Waals surface area contributed by atoms with Crippen molar-refractivity contribution in [3.63, 3.8) is 0 Å². The molecule has 0 aliphatic heterocycles. The van der Waals surface area contributed by atoms with Crippen molar-refractivity contribution in [3.8, 4) is 0 Å². The Morgan fingerprint density at radius 2 is 2.19 bits per heavy atom. The van der Waals surface area contributed by atoms with Crippen LogP contribution in [0.1, 0.15) is 12.5 Å². The Morgan fingerprint density at radius 1 is 1.44 bits per heavy atom. The van der Waals surface area contributed by atoms with Crippen molar-refractivity contribution < 1.29 is 4.74 Å². The van der Waals surface area contributed by atoms with Gasteiger partial charge in [0.1, 0.15) is 18.0 Å². The highest BCUT2D eigenvalue weighted by atomic mass is 16.5. The molecule has 0 atom stereocenters. The number of nitrogens with one attached hydrogen (secondary N) is 1. The Kier molecular flexibility index (Phi) is 4.98. The molecule has 1 rings (SSSR count). The molecule has 0 aromatic carbocycles. The summed E-state index contributed by atoms with van der Waals surface area (Å²) in [6.45, 7) is 3.62. The maximum absolute atomic E-state index is 5.06. The summed E-state index contributed by atoms with van der Waals surface area (Å²) in [7, 11) is 5.59. The van der Waals surface area contributed by atoms with Crippen LogP contribution >= 0.6 is 0 Å². The van der Waals surface area contributed by atoms with E-state index < -0.39 is 0 Å². The first-order valence-corrected chi connectivity index (χ1v) is 5.46. The summed E-state index contributed by atoms with van der Waals surface area (Å²) in [5.74, 6) is 1.87. The van der Waals surface area contributed by atoms with Crippen molar-refractivity contribution >= 4 is 11.6 Å². The molecule has 1 aromatic heterocycles. The van der Waals surface area contributed by atoms with E-state index in [1.807, 2.05) is 14.1 Å². The molecule has 5 nitrogen and oxygen atoms in total. The standard InChI is InChI=1S/C11H20N4O/c1-5-9-10(12-2)13-8-14-11(9)15(3)6-7-16-4/h8H,5-7H2,1-4H3,(H,12,13,14). The van der Waals surface area contributed by atoms with E-state index >= 15 is 0 Å². The first kappa shape index (κ1) is 12.7. The van der Waals surface area contributed by atoms with E-state index in [0.717, 1.165) is 30.2 Å². The molecule has 16 heavy (non-hydrogen) atoms. The minimum Gasteiger partial charge on any atom is -0.383 e. The second-order valence-corrected chi connectivity index (χ2v) is 3.54. The lowest BCUT2D eigenvalue weighted by atomic mass is 10.2. The molecule has 1 heterocycles. The van der Waals surface area contributed by atoms with Crippen LogP contribution in [-0.2, 0) is 11.2 Å². The zero-order valence-electron chi connectivity index (χ0n) is 10.4. The lowest BCUT2D eigenvalue weighted by molar-refractivity contribution is 0.206. The van der Waals surface area contributed by atoms with Gasteiger partial charge in [-0.3, -0.25) is 0 Å². The van der Waals surface area contributed by atoms with Crippen molar-refractivity contribution in [2.45, 2.75) is 13.3 Å². The van der Waals surface area contributed by atoms with E-state index in [4.69, 9.17) is 4.74 Å². The first-order valence-electron chi connectivity index (χ1n) is 5.46. The Labute approximate surface area is 96.8 Å². The highest BCUT2D eigenvalue weighted by Crippen LogP contribution is 2.22. The Balaban J connectivity index is 2.93. The minimum absolute atomic E-state index is 0.693. The fourth-order valence-electron chi connectivity index (χ4n) is 1.61. The summed E-state index contributed by atoms with van der Waals surface area (Å²) in [5, 5.41) is 3.09. The van der Waals surface area contributed by atoms with Crippen molar-refractivity contribution in [2.75, 3.05) is 44.6 Å². The van der Waals surface area contributed by atoms with Gasteiger partial charge in [-0.25, -0.2) is 9.97 Å². The van der Waals surface area contributed by atoms with E-state index in [1.165, 1.54) is 0 Å². The van der Waals surface area contributed by atoms with E-state index in [-0.39, 0.29) is 0 Å².